The van der Waals surface area contributed by atoms with Crippen LogP contribution >= 0.6 is 27.3 Å². The zero-order valence-electron chi connectivity index (χ0n) is 9.94. The summed E-state index contributed by atoms with van der Waals surface area (Å²) >= 11 is 4.75. The van der Waals surface area contributed by atoms with Crippen molar-refractivity contribution in [2.24, 2.45) is 0 Å². The molecule has 0 spiro atoms. The van der Waals surface area contributed by atoms with E-state index in [1.807, 2.05) is 13.8 Å². The first-order valence-corrected chi connectivity index (χ1v) is 8.35. The van der Waals surface area contributed by atoms with Gasteiger partial charge >= 0.3 is 0 Å². The molecule has 0 unspecified atom stereocenters. The van der Waals surface area contributed by atoms with E-state index >= 15 is 0 Å². The third-order valence-corrected chi connectivity index (χ3v) is 5.94. The summed E-state index contributed by atoms with van der Waals surface area (Å²) in [5.41, 5.74) is 0. The second-order valence-corrected chi connectivity index (χ2v) is 8.16. The van der Waals surface area contributed by atoms with Crippen molar-refractivity contribution in [3.05, 3.63) is 27.4 Å². The van der Waals surface area contributed by atoms with E-state index in [0.717, 1.165) is 15.1 Å². The molecule has 96 valence electrons. The summed E-state index contributed by atoms with van der Waals surface area (Å²) in [4.78, 5) is 1.20. The van der Waals surface area contributed by atoms with Crippen molar-refractivity contribution in [2.45, 2.75) is 25.2 Å². The van der Waals surface area contributed by atoms with Crippen LogP contribution in [0.5, 0.6) is 0 Å². The summed E-state index contributed by atoms with van der Waals surface area (Å²) in [6.07, 6.45) is 2.40. The monoisotopic (exact) mass is 337 g/mol. The van der Waals surface area contributed by atoms with Crippen LogP contribution in [-0.2, 0) is 10.0 Å². The second-order valence-electron chi connectivity index (χ2n) is 3.62. The van der Waals surface area contributed by atoms with Crippen LogP contribution in [-0.4, -0.2) is 25.8 Å². The van der Waals surface area contributed by atoms with E-state index < -0.39 is 10.0 Å². The van der Waals surface area contributed by atoms with E-state index in [9.17, 15) is 8.42 Å². The van der Waals surface area contributed by atoms with Gasteiger partial charge in [-0.1, -0.05) is 13.0 Å². The molecule has 0 aromatic carbocycles. The Morgan fingerprint density at radius 2 is 2.24 bits per heavy atom. The van der Waals surface area contributed by atoms with Crippen molar-refractivity contribution < 1.29 is 8.42 Å². The number of halogens is 1. The van der Waals surface area contributed by atoms with E-state index in [1.165, 1.54) is 15.6 Å². The lowest BCUT2D eigenvalue weighted by Crippen LogP contribution is -2.32. The molecule has 0 aliphatic carbocycles. The van der Waals surface area contributed by atoms with E-state index in [-0.39, 0.29) is 0 Å². The fraction of sp³-hybridized carbons (Fsp3) is 0.455. The van der Waals surface area contributed by atoms with Gasteiger partial charge in [-0.15, -0.1) is 17.9 Å². The van der Waals surface area contributed by atoms with Crippen LogP contribution in [0.2, 0.25) is 0 Å². The molecule has 0 aliphatic rings. The van der Waals surface area contributed by atoms with Crippen LogP contribution in [0, 0.1) is 6.92 Å². The molecule has 1 aromatic heterocycles. The molecule has 0 bridgehead atoms. The summed E-state index contributed by atoms with van der Waals surface area (Å²) in [5, 5.41) is 0. The zero-order valence-corrected chi connectivity index (χ0v) is 13.2. The molecule has 0 atom stereocenters. The first-order chi connectivity index (χ1) is 7.93. The highest BCUT2D eigenvalue weighted by Gasteiger charge is 2.26. The third-order valence-electron chi connectivity index (χ3n) is 2.27. The van der Waals surface area contributed by atoms with Crippen molar-refractivity contribution in [3.63, 3.8) is 0 Å². The maximum atomic E-state index is 12.4. The Kier molecular flexibility index (Phi) is 5.37. The van der Waals surface area contributed by atoms with Gasteiger partial charge < -0.3 is 0 Å². The molecule has 0 amide bonds. The zero-order chi connectivity index (χ0) is 13.1. The predicted molar refractivity (Wildman–Crippen MR) is 76.0 cm³/mol. The molecule has 0 fully saturated rings. The van der Waals surface area contributed by atoms with Crippen LogP contribution in [0.4, 0.5) is 0 Å². The summed E-state index contributed by atoms with van der Waals surface area (Å²) in [5.74, 6) is 0. The smallest absolute Gasteiger partial charge is 0.207 e. The molecule has 0 saturated carbocycles. The Labute approximate surface area is 115 Å². The summed E-state index contributed by atoms with van der Waals surface area (Å²) < 4.78 is 27.1. The Morgan fingerprint density at radius 3 is 2.65 bits per heavy atom. The lowest BCUT2D eigenvalue weighted by molar-refractivity contribution is 0.441. The van der Waals surface area contributed by atoms with Crippen LogP contribution in [0.25, 0.3) is 0 Å². The van der Waals surface area contributed by atoms with E-state index in [1.54, 1.807) is 12.1 Å². The molecule has 1 heterocycles. The van der Waals surface area contributed by atoms with Gasteiger partial charge in [-0.25, -0.2) is 8.42 Å². The van der Waals surface area contributed by atoms with Gasteiger partial charge in [0.1, 0.15) is 0 Å². The fourth-order valence-electron chi connectivity index (χ4n) is 1.53. The summed E-state index contributed by atoms with van der Waals surface area (Å²) in [6.45, 7) is 8.25. The highest BCUT2D eigenvalue weighted by atomic mass is 79.9. The predicted octanol–water partition coefficient (Wildman–Crippen LogP) is 3.41. The highest BCUT2D eigenvalue weighted by Crippen LogP contribution is 2.31. The average molecular weight is 338 g/mol. The van der Waals surface area contributed by atoms with Crippen LogP contribution < -0.4 is 0 Å². The molecular weight excluding hydrogens is 322 g/mol. The Hall–Kier alpha value is -0.170. The SMILES string of the molecule is C=CCN(CCC)S(=O)(=O)c1cc(Br)sc1C. The van der Waals surface area contributed by atoms with Crippen LogP contribution in [0.1, 0.15) is 18.2 Å². The minimum absolute atomic E-state index is 0.350. The third kappa shape index (κ3) is 3.40. The number of thiophene rings is 1. The van der Waals surface area contributed by atoms with Gasteiger partial charge in [0.15, 0.2) is 0 Å². The quantitative estimate of drug-likeness (QED) is 0.746. The normalized spacial score (nSPS) is 12.0. The number of hydrogen-bond acceptors (Lipinski definition) is 3. The van der Waals surface area contributed by atoms with Crippen LogP contribution in [0.15, 0.2) is 27.4 Å². The van der Waals surface area contributed by atoms with Gasteiger partial charge in [0.2, 0.25) is 10.0 Å². The molecular formula is C11H16BrNO2S2. The molecule has 0 N–H and O–H groups in total. The maximum Gasteiger partial charge on any atom is 0.244 e. The number of aryl methyl sites for hydroxylation is 1. The Balaban J connectivity index is 3.15. The number of hydrogen-bond donors (Lipinski definition) is 0. The van der Waals surface area contributed by atoms with Gasteiger partial charge in [-0.05, 0) is 35.3 Å². The maximum absolute atomic E-state index is 12.4. The Bertz CT molecular complexity index is 494. The first kappa shape index (κ1) is 14.9. The van der Waals surface area contributed by atoms with Gasteiger partial charge in [-0.2, -0.15) is 4.31 Å². The first-order valence-electron chi connectivity index (χ1n) is 5.30. The van der Waals surface area contributed by atoms with E-state index in [4.69, 9.17) is 0 Å². The number of nitrogens with zero attached hydrogens (tertiary/aromatic N) is 1. The van der Waals surface area contributed by atoms with Crippen molar-refractivity contribution in [3.8, 4) is 0 Å². The largest absolute Gasteiger partial charge is 0.244 e. The lowest BCUT2D eigenvalue weighted by Gasteiger charge is -2.19. The standard InChI is InChI=1S/C11H16BrNO2S2/c1-4-6-13(7-5-2)17(14,15)10-8-11(12)16-9(10)3/h4,8H,1,5-7H2,2-3H3. The fourth-order valence-corrected chi connectivity index (χ4v) is 5.41. The topological polar surface area (TPSA) is 37.4 Å². The molecule has 3 nitrogen and oxygen atoms in total. The van der Waals surface area contributed by atoms with Crippen LogP contribution in [0.3, 0.4) is 0 Å². The summed E-state index contributed by atoms with van der Waals surface area (Å²) in [6, 6.07) is 1.67. The minimum atomic E-state index is -3.39. The molecule has 1 rings (SSSR count). The molecule has 0 saturated heterocycles. The average Bonchev–Trinajstić information content (AvgIpc) is 2.58. The number of sulfonamides is 1. The van der Waals surface area contributed by atoms with Gasteiger partial charge in [-0.3, -0.25) is 0 Å². The van der Waals surface area contributed by atoms with Crippen molar-refractivity contribution in [2.75, 3.05) is 13.1 Å². The molecule has 0 aliphatic heterocycles. The lowest BCUT2D eigenvalue weighted by atomic mass is 10.5. The molecule has 0 radical (unpaired) electrons. The highest BCUT2D eigenvalue weighted by molar-refractivity contribution is 9.11. The van der Waals surface area contributed by atoms with E-state index in [2.05, 4.69) is 22.5 Å². The van der Waals surface area contributed by atoms with E-state index in [0.29, 0.717) is 18.0 Å². The molecule has 6 heteroatoms. The minimum Gasteiger partial charge on any atom is -0.207 e. The van der Waals surface area contributed by atoms with Gasteiger partial charge in [0.05, 0.1) is 8.68 Å². The van der Waals surface area contributed by atoms with Gasteiger partial charge in [0, 0.05) is 18.0 Å². The van der Waals surface area contributed by atoms with Crippen molar-refractivity contribution >= 4 is 37.3 Å². The van der Waals surface area contributed by atoms with Gasteiger partial charge in [0.25, 0.3) is 0 Å². The Morgan fingerprint density at radius 1 is 1.59 bits per heavy atom. The number of rotatable bonds is 6. The van der Waals surface area contributed by atoms with Crippen molar-refractivity contribution in [1.29, 1.82) is 0 Å². The summed E-state index contributed by atoms with van der Waals surface area (Å²) in [7, 11) is -3.39. The van der Waals surface area contributed by atoms with Crippen molar-refractivity contribution in [1.82, 2.24) is 4.31 Å². The molecule has 17 heavy (non-hydrogen) atoms. The molecule has 1 aromatic rings. The second kappa shape index (κ2) is 6.13.